The van der Waals surface area contributed by atoms with E-state index in [0.717, 1.165) is 17.1 Å². The summed E-state index contributed by atoms with van der Waals surface area (Å²) in [5.41, 5.74) is 2.62. The first-order valence-corrected chi connectivity index (χ1v) is 9.78. The van der Waals surface area contributed by atoms with E-state index in [1.807, 2.05) is 41.8 Å². The smallest absolute Gasteiger partial charge is 0.287 e. The average molecular weight is 409 g/mol. The lowest BCUT2D eigenvalue weighted by Gasteiger charge is -2.35. The first kappa shape index (κ1) is 19.7. The Morgan fingerprint density at radius 1 is 1.20 bits per heavy atom. The highest BCUT2D eigenvalue weighted by Gasteiger charge is 2.26. The summed E-state index contributed by atoms with van der Waals surface area (Å²) in [7, 11) is 0. The maximum absolute atomic E-state index is 13.1. The Kier molecular flexibility index (Phi) is 5.26. The summed E-state index contributed by atoms with van der Waals surface area (Å²) in [6, 6.07) is 8.82. The topological polar surface area (TPSA) is 97.6 Å². The Morgan fingerprint density at radius 3 is 2.57 bits per heavy atom. The second-order valence-corrected chi connectivity index (χ2v) is 7.36. The second-order valence-electron chi connectivity index (χ2n) is 7.36. The molecule has 1 aliphatic rings. The Hall–Kier alpha value is -3.62. The summed E-state index contributed by atoms with van der Waals surface area (Å²) in [5.74, 6) is 1.55. The van der Waals surface area contributed by atoms with Crippen LogP contribution in [0.3, 0.4) is 0 Å². The zero-order valence-electron chi connectivity index (χ0n) is 16.9. The molecule has 30 heavy (non-hydrogen) atoms. The third-order valence-corrected chi connectivity index (χ3v) is 5.53. The van der Waals surface area contributed by atoms with Gasteiger partial charge in [0.1, 0.15) is 17.8 Å². The van der Waals surface area contributed by atoms with Gasteiger partial charge in [0.05, 0.1) is 23.3 Å². The van der Waals surface area contributed by atoms with Gasteiger partial charge >= 0.3 is 0 Å². The molecule has 3 aromatic rings. The Labute approximate surface area is 173 Å². The van der Waals surface area contributed by atoms with Crippen LogP contribution in [0.5, 0.6) is 0 Å². The molecule has 9 heteroatoms. The predicted molar refractivity (Wildman–Crippen MR) is 111 cm³/mol. The monoisotopic (exact) mass is 409 g/mol. The van der Waals surface area contributed by atoms with Crippen LogP contribution >= 0.6 is 0 Å². The van der Waals surface area contributed by atoms with Gasteiger partial charge in [0.2, 0.25) is 0 Å². The number of nitrogens with zero attached hydrogens (tertiary/aromatic N) is 5. The number of aryl methyl sites for hydroxylation is 1. The number of hydrogen-bond acceptors (Lipinski definition) is 6. The molecule has 0 aliphatic carbocycles. The summed E-state index contributed by atoms with van der Waals surface area (Å²) >= 11 is 0. The molecule has 9 nitrogen and oxygen atoms in total. The zero-order chi connectivity index (χ0) is 21.3. The van der Waals surface area contributed by atoms with E-state index in [4.69, 9.17) is 4.42 Å². The van der Waals surface area contributed by atoms with Crippen LogP contribution < -0.4 is 4.90 Å². The maximum atomic E-state index is 13.1. The minimum Gasteiger partial charge on any atom is -0.467 e. The van der Waals surface area contributed by atoms with E-state index in [-0.39, 0.29) is 11.6 Å². The highest BCUT2D eigenvalue weighted by Crippen LogP contribution is 2.22. The van der Waals surface area contributed by atoms with E-state index in [1.165, 1.54) is 12.3 Å². The number of furan rings is 1. The van der Waals surface area contributed by atoms with Gasteiger partial charge in [-0.2, -0.15) is 0 Å². The molecular formula is C21H23N5O4. The quantitative estimate of drug-likeness (QED) is 0.475. The summed E-state index contributed by atoms with van der Waals surface area (Å²) in [6.07, 6.45) is 2.91. The van der Waals surface area contributed by atoms with Crippen molar-refractivity contribution in [1.29, 1.82) is 0 Å². The molecule has 0 aromatic carbocycles. The molecule has 0 spiro atoms. The summed E-state index contributed by atoms with van der Waals surface area (Å²) in [6.45, 7) is 6.94. The van der Waals surface area contributed by atoms with Crippen molar-refractivity contribution in [3.63, 3.8) is 0 Å². The molecule has 0 N–H and O–H groups in total. The van der Waals surface area contributed by atoms with Crippen LogP contribution in [0.2, 0.25) is 0 Å². The lowest BCUT2D eigenvalue weighted by molar-refractivity contribution is -0.385. The van der Waals surface area contributed by atoms with Crippen LogP contribution in [-0.4, -0.2) is 51.5 Å². The number of carbonyl (C=O) groups is 1. The van der Waals surface area contributed by atoms with Gasteiger partial charge in [-0.15, -0.1) is 0 Å². The fourth-order valence-electron chi connectivity index (χ4n) is 3.80. The van der Waals surface area contributed by atoms with Crippen LogP contribution in [0.1, 0.15) is 27.5 Å². The van der Waals surface area contributed by atoms with E-state index in [1.54, 1.807) is 12.3 Å². The molecule has 1 saturated heterocycles. The van der Waals surface area contributed by atoms with E-state index in [2.05, 4.69) is 9.55 Å². The zero-order valence-corrected chi connectivity index (χ0v) is 16.9. The Balaban J connectivity index is 1.42. The fraction of sp³-hybridized carbons (Fsp3) is 0.333. The van der Waals surface area contributed by atoms with Gasteiger partial charge in [-0.25, -0.2) is 4.98 Å². The van der Waals surface area contributed by atoms with Crippen LogP contribution in [0.15, 0.2) is 47.2 Å². The van der Waals surface area contributed by atoms with Crippen molar-refractivity contribution in [1.82, 2.24) is 14.5 Å². The van der Waals surface area contributed by atoms with Gasteiger partial charge in [-0.05, 0) is 38.1 Å². The van der Waals surface area contributed by atoms with Crippen molar-refractivity contribution in [3.05, 3.63) is 75.6 Å². The molecule has 1 fully saturated rings. The second kappa shape index (κ2) is 8.02. The van der Waals surface area contributed by atoms with Crippen LogP contribution in [-0.2, 0) is 6.54 Å². The molecule has 4 heterocycles. The Bertz CT molecular complexity index is 1050. The minimum absolute atomic E-state index is 0.0186. The van der Waals surface area contributed by atoms with Crippen molar-refractivity contribution >= 4 is 17.4 Å². The number of piperazine rings is 1. The lowest BCUT2D eigenvalue weighted by Crippen LogP contribution is -2.49. The standard InChI is InChI=1S/C21H23N5O4/c1-15-12-19(16(2)25(15)14-18-4-3-11-30-18)21(27)24-9-7-23(8-10-24)20-6-5-17(13-22-20)26(28)29/h3-6,11-13H,7-10,14H2,1-2H3. The van der Waals surface area contributed by atoms with Gasteiger partial charge in [0.15, 0.2) is 0 Å². The number of aromatic nitrogens is 2. The third kappa shape index (κ3) is 3.78. The predicted octanol–water partition coefficient (Wildman–Crippen LogP) is 3.01. The number of rotatable bonds is 5. The molecule has 3 aromatic heterocycles. The maximum Gasteiger partial charge on any atom is 0.287 e. The van der Waals surface area contributed by atoms with Crippen LogP contribution in [0.25, 0.3) is 0 Å². The van der Waals surface area contributed by atoms with Crippen molar-refractivity contribution < 1.29 is 14.1 Å². The van der Waals surface area contributed by atoms with E-state index >= 15 is 0 Å². The molecule has 156 valence electrons. The van der Waals surface area contributed by atoms with Crippen molar-refractivity contribution in [2.24, 2.45) is 0 Å². The minimum atomic E-state index is -0.463. The number of anilines is 1. The number of pyridine rings is 1. The van der Waals surface area contributed by atoms with Gasteiger partial charge in [0.25, 0.3) is 11.6 Å². The first-order chi connectivity index (χ1) is 14.4. The Morgan fingerprint density at radius 2 is 1.97 bits per heavy atom. The normalized spacial score (nSPS) is 14.2. The van der Waals surface area contributed by atoms with Crippen molar-refractivity contribution in [2.75, 3.05) is 31.1 Å². The molecule has 0 atom stereocenters. The van der Waals surface area contributed by atoms with Crippen molar-refractivity contribution in [3.8, 4) is 0 Å². The number of amides is 1. The van der Waals surface area contributed by atoms with E-state index in [0.29, 0.717) is 44.1 Å². The fourth-order valence-corrected chi connectivity index (χ4v) is 3.80. The molecule has 0 saturated carbocycles. The van der Waals surface area contributed by atoms with Crippen LogP contribution in [0.4, 0.5) is 11.5 Å². The van der Waals surface area contributed by atoms with Gasteiger partial charge in [-0.3, -0.25) is 14.9 Å². The molecule has 1 aliphatic heterocycles. The molecule has 0 radical (unpaired) electrons. The first-order valence-electron chi connectivity index (χ1n) is 9.78. The van der Waals surface area contributed by atoms with Crippen LogP contribution in [0, 0.1) is 24.0 Å². The number of carbonyl (C=O) groups excluding carboxylic acids is 1. The van der Waals surface area contributed by atoms with E-state index in [9.17, 15) is 14.9 Å². The largest absolute Gasteiger partial charge is 0.467 e. The molecular weight excluding hydrogens is 386 g/mol. The van der Waals surface area contributed by atoms with Gasteiger partial charge in [-0.1, -0.05) is 0 Å². The molecule has 0 unspecified atom stereocenters. The molecule has 0 bridgehead atoms. The highest BCUT2D eigenvalue weighted by atomic mass is 16.6. The summed E-state index contributed by atoms with van der Waals surface area (Å²) < 4.78 is 7.53. The van der Waals surface area contributed by atoms with E-state index < -0.39 is 4.92 Å². The van der Waals surface area contributed by atoms with Crippen molar-refractivity contribution in [2.45, 2.75) is 20.4 Å². The highest BCUT2D eigenvalue weighted by molar-refractivity contribution is 5.96. The van der Waals surface area contributed by atoms with Gasteiger partial charge in [0, 0.05) is 43.6 Å². The summed E-state index contributed by atoms with van der Waals surface area (Å²) in [4.78, 5) is 31.5. The molecule has 4 rings (SSSR count). The van der Waals surface area contributed by atoms with Gasteiger partial charge < -0.3 is 18.8 Å². The average Bonchev–Trinajstić information content (AvgIpc) is 3.37. The summed E-state index contributed by atoms with van der Waals surface area (Å²) in [5, 5.41) is 10.8. The molecule has 1 amide bonds. The number of hydrogen-bond donors (Lipinski definition) is 0. The number of nitro groups is 1. The SMILES string of the molecule is Cc1cc(C(=O)N2CCN(c3ccc([N+](=O)[O-])cn3)CC2)c(C)n1Cc1ccco1. The third-order valence-electron chi connectivity index (χ3n) is 5.53. The lowest BCUT2D eigenvalue weighted by atomic mass is 10.2.